The van der Waals surface area contributed by atoms with E-state index in [1.807, 2.05) is 31.2 Å². The van der Waals surface area contributed by atoms with E-state index in [0.717, 1.165) is 12.0 Å². The van der Waals surface area contributed by atoms with Crippen molar-refractivity contribution >= 4 is 17.7 Å². The van der Waals surface area contributed by atoms with Crippen molar-refractivity contribution in [2.45, 2.75) is 50.8 Å². The lowest BCUT2D eigenvalue weighted by Gasteiger charge is -2.29. The van der Waals surface area contributed by atoms with Gasteiger partial charge in [0.05, 0.1) is 5.75 Å². The topological polar surface area (TPSA) is 68.0 Å². The molecule has 24 heavy (non-hydrogen) atoms. The summed E-state index contributed by atoms with van der Waals surface area (Å²) in [5.74, 6) is 1.38. The summed E-state index contributed by atoms with van der Waals surface area (Å²) in [6, 6.07) is 8.22. The molecule has 0 saturated heterocycles. The van der Waals surface area contributed by atoms with Crippen LogP contribution in [0.25, 0.3) is 11.5 Å². The zero-order chi connectivity index (χ0) is 16.9. The maximum absolute atomic E-state index is 12.1. The quantitative estimate of drug-likeness (QED) is 0.834. The molecule has 0 spiro atoms. The van der Waals surface area contributed by atoms with Gasteiger partial charge >= 0.3 is 0 Å². The molecule has 0 unspecified atom stereocenters. The van der Waals surface area contributed by atoms with Gasteiger partial charge in [-0.2, -0.15) is 0 Å². The van der Waals surface area contributed by atoms with Gasteiger partial charge in [0.1, 0.15) is 0 Å². The number of aromatic nitrogens is 2. The molecule has 1 N–H and O–H groups in total. The lowest BCUT2D eigenvalue weighted by molar-refractivity contribution is -0.119. The van der Waals surface area contributed by atoms with Gasteiger partial charge in [-0.1, -0.05) is 49.2 Å². The molecule has 0 aliphatic heterocycles. The predicted octanol–water partition coefficient (Wildman–Crippen LogP) is 3.83. The van der Waals surface area contributed by atoms with Crippen LogP contribution in [0, 0.1) is 12.8 Å². The van der Waals surface area contributed by atoms with Crippen LogP contribution in [0.2, 0.25) is 0 Å². The number of hydrogen-bond acceptors (Lipinski definition) is 5. The fourth-order valence-electron chi connectivity index (χ4n) is 2.99. The van der Waals surface area contributed by atoms with Crippen molar-refractivity contribution in [3.8, 4) is 11.5 Å². The first-order valence-corrected chi connectivity index (χ1v) is 9.43. The summed E-state index contributed by atoms with van der Waals surface area (Å²) in [5.41, 5.74) is 2.07. The summed E-state index contributed by atoms with van der Waals surface area (Å²) >= 11 is 1.28. The van der Waals surface area contributed by atoms with Crippen molar-refractivity contribution < 1.29 is 9.21 Å². The van der Waals surface area contributed by atoms with Crippen LogP contribution in [0.1, 0.15) is 38.2 Å². The highest BCUT2D eigenvalue weighted by Gasteiger charge is 2.23. The van der Waals surface area contributed by atoms with E-state index in [0.29, 0.717) is 28.8 Å². The maximum atomic E-state index is 12.1. The van der Waals surface area contributed by atoms with Crippen molar-refractivity contribution in [1.29, 1.82) is 0 Å². The van der Waals surface area contributed by atoms with Crippen molar-refractivity contribution in [2.24, 2.45) is 5.92 Å². The van der Waals surface area contributed by atoms with Gasteiger partial charge in [0.2, 0.25) is 11.8 Å². The highest BCUT2D eigenvalue weighted by Crippen LogP contribution is 2.25. The monoisotopic (exact) mass is 345 g/mol. The Bertz CT molecular complexity index is 684. The fraction of sp³-hybridized carbons (Fsp3) is 0.500. The first kappa shape index (κ1) is 17.0. The van der Waals surface area contributed by atoms with Gasteiger partial charge in [0, 0.05) is 11.6 Å². The summed E-state index contributed by atoms with van der Waals surface area (Å²) in [6.07, 6.45) is 4.75. The molecule has 128 valence electrons. The van der Waals surface area contributed by atoms with Gasteiger partial charge in [0.25, 0.3) is 5.22 Å². The van der Waals surface area contributed by atoms with Crippen LogP contribution in [0.15, 0.2) is 33.9 Å². The molecule has 0 radical (unpaired) electrons. The molecule has 1 fully saturated rings. The Labute approximate surface area is 146 Å². The number of nitrogens with one attached hydrogen (secondary N) is 1. The number of hydrogen-bond donors (Lipinski definition) is 1. The molecule has 1 heterocycles. The molecule has 1 aliphatic carbocycles. The molecular formula is C18H23N3O2S. The van der Waals surface area contributed by atoms with E-state index in [1.54, 1.807) is 0 Å². The van der Waals surface area contributed by atoms with Crippen LogP contribution in [-0.2, 0) is 4.79 Å². The number of carbonyl (C=O) groups is 1. The third-order valence-electron chi connectivity index (χ3n) is 4.49. The lowest BCUT2D eigenvalue weighted by Crippen LogP contribution is -2.41. The van der Waals surface area contributed by atoms with Crippen LogP contribution in [0.5, 0.6) is 0 Å². The summed E-state index contributed by atoms with van der Waals surface area (Å²) in [6.45, 7) is 4.24. The summed E-state index contributed by atoms with van der Waals surface area (Å²) in [5, 5.41) is 11.6. The van der Waals surface area contributed by atoms with Gasteiger partial charge in [-0.05, 0) is 37.8 Å². The van der Waals surface area contributed by atoms with Crippen molar-refractivity contribution in [1.82, 2.24) is 15.5 Å². The van der Waals surface area contributed by atoms with Crippen LogP contribution >= 0.6 is 11.8 Å². The smallest absolute Gasteiger partial charge is 0.277 e. The Hall–Kier alpha value is -1.82. The molecule has 5 nitrogen and oxygen atoms in total. The van der Waals surface area contributed by atoms with Crippen molar-refractivity contribution in [3.63, 3.8) is 0 Å². The first-order chi connectivity index (χ1) is 11.6. The average molecular weight is 345 g/mol. The SMILES string of the molecule is Cc1ccc(-c2nnc(SCC(=O)N[C@H]3CCCC[C@H]3C)o2)cc1. The molecule has 1 aromatic carbocycles. The number of amides is 1. The van der Waals surface area contributed by atoms with E-state index < -0.39 is 0 Å². The largest absolute Gasteiger partial charge is 0.411 e. The molecule has 2 aromatic rings. The van der Waals surface area contributed by atoms with E-state index in [9.17, 15) is 4.79 Å². The first-order valence-electron chi connectivity index (χ1n) is 8.44. The molecule has 1 aliphatic rings. The molecule has 6 heteroatoms. The van der Waals surface area contributed by atoms with Crippen LogP contribution < -0.4 is 5.32 Å². The van der Waals surface area contributed by atoms with E-state index >= 15 is 0 Å². The Morgan fingerprint density at radius 3 is 2.75 bits per heavy atom. The van der Waals surface area contributed by atoms with Crippen molar-refractivity contribution in [2.75, 3.05) is 5.75 Å². The second kappa shape index (κ2) is 7.83. The minimum atomic E-state index is 0.0360. The molecule has 1 aromatic heterocycles. The van der Waals surface area contributed by atoms with Crippen LogP contribution in [0.3, 0.4) is 0 Å². The van der Waals surface area contributed by atoms with E-state index in [-0.39, 0.29) is 5.91 Å². The number of thioether (sulfide) groups is 1. The number of rotatable bonds is 5. The van der Waals surface area contributed by atoms with Crippen LogP contribution in [-0.4, -0.2) is 27.9 Å². The van der Waals surface area contributed by atoms with E-state index in [1.165, 1.54) is 36.6 Å². The predicted molar refractivity (Wildman–Crippen MR) is 94.8 cm³/mol. The third-order valence-corrected chi connectivity index (χ3v) is 5.31. The highest BCUT2D eigenvalue weighted by atomic mass is 32.2. The zero-order valence-corrected chi connectivity index (χ0v) is 14.9. The van der Waals surface area contributed by atoms with Crippen LogP contribution in [0.4, 0.5) is 0 Å². The standard InChI is InChI=1S/C18H23N3O2S/c1-12-7-9-14(10-8-12)17-20-21-18(23-17)24-11-16(22)19-15-6-4-3-5-13(15)2/h7-10,13,15H,3-6,11H2,1-2H3,(H,19,22)/t13-,15+/m1/s1. The lowest BCUT2D eigenvalue weighted by atomic mass is 9.86. The number of carbonyl (C=O) groups excluding carboxylic acids is 1. The maximum Gasteiger partial charge on any atom is 0.277 e. The second-order valence-corrected chi connectivity index (χ2v) is 7.39. The van der Waals surface area contributed by atoms with Gasteiger partial charge in [0.15, 0.2) is 0 Å². The third kappa shape index (κ3) is 4.38. The zero-order valence-electron chi connectivity index (χ0n) is 14.1. The Balaban J connectivity index is 1.51. The fourth-order valence-corrected chi connectivity index (χ4v) is 3.56. The Kier molecular flexibility index (Phi) is 5.56. The number of aryl methyl sites for hydroxylation is 1. The van der Waals surface area contributed by atoms with Gasteiger partial charge in [-0.3, -0.25) is 4.79 Å². The van der Waals surface area contributed by atoms with E-state index in [2.05, 4.69) is 22.4 Å². The van der Waals surface area contributed by atoms with Crippen molar-refractivity contribution in [3.05, 3.63) is 29.8 Å². The summed E-state index contributed by atoms with van der Waals surface area (Å²) in [7, 11) is 0. The van der Waals surface area contributed by atoms with Gasteiger partial charge in [-0.25, -0.2) is 0 Å². The minimum absolute atomic E-state index is 0.0360. The highest BCUT2D eigenvalue weighted by molar-refractivity contribution is 7.99. The number of benzene rings is 1. The molecular weight excluding hydrogens is 322 g/mol. The Morgan fingerprint density at radius 2 is 2.00 bits per heavy atom. The van der Waals surface area contributed by atoms with Gasteiger partial charge in [-0.15, -0.1) is 10.2 Å². The molecule has 0 bridgehead atoms. The van der Waals surface area contributed by atoms with E-state index in [4.69, 9.17) is 4.42 Å². The normalized spacial score (nSPS) is 20.8. The minimum Gasteiger partial charge on any atom is -0.411 e. The molecule has 1 amide bonds. The summed E-state index contributed by atoms with van der Waals surface area (Å²) < 4.78 is 5.63. The number of nitrogens with zero attached hydrogens (tertiary/aromatic N) is 2. The average Bonchev–Trinajstić information content (AvgIpc) is 3.05. The summed E-state index contributed by atoms with van der Waals surface area (Å²) in [4.78, 5) is 12.1. The second-order valence-electron chi connectivity index (χ2n) is 6.46. The van der Waals surface area contributed by atoms with Gasteiger partial charge < -0.3 is 9.73 Å². The Morgan fingerprint density at radius 1 is 1.25 bits per heavy atom. The molecule has 3 rings (SSSR count). The molecule has 2 atom stereocenters. The molecule has 1 saturated carbocycles.